The SMILES string of the molecule is CC[C@H](C)[C@H](NC(=O)[C@H](C)NC(=O)[C@H](CC(C)C)NC(=O)[C@@H](NC(=O)[C@H](CCCN=C(N)N)NC(=O)[C@H](CO)NC(=O)[C@@H](N)CCCCN)C(C)C)C(=O)N[C@@H](C)C(=O)N[C@@H](CCSC)C(=O)N[C@@H](CO)C(=O)O. The maximum absolute atomic E-state index is 14.0. The molecule has 424 valence electrons. The summed E-state index contributed by atoms with van der Waals surface area (Å²) in [6.07, 6.45) is 3.90. The summed E-state index contributed by atoms with van der Waals surface area (Å²) in [7, 11) is 0. The van der Waals surface area contributed by atoms with Crippen LogP contribution in [0.4, 0.5) is 0 Å². The van der Waals surface area contributed by atoms with Gasteiger partial charge in [-0.1, -0.05) is 54.4 Å². The number of nitrogens with two attached hydrogens (primary N) is 4. The second-order valence-electron chi connectivity index (χ2n) is 18.8. The zero-order chi connectivity index (χ0) is 56.8. The molecule has 0 bridgehead atoms. The molecule has 74 heavy (non-hydrogen) atoms. The monoisotopic (exact) mass is 1070 g/mol. The maximum atomic E-state index is 14.0. The van der Waals surface area contributed by atoms with E-state index in [0.29, 0.717) is 31.6 Å². The summed E-state index contributed by atoms with van der Waals surface area (Å²) >= 11 is 1.36. The Morgan fingerprint density at radius 3 is 1.51 bits per heavy atom. The molecule has 0 unspecified atom stereocenters. The van der Waals surface area contributed by atoms with Gasteiger partial charge in [-0.05, 0) is 88.7 Å². The number of carboxylic acids is 1. The third-order valence-electron chi connectivity index (χ3n) is 11.6. The normalized spacial score (nSPS) is 15.7. The number of carbonyl (C=O) groups is 10. The first-order chi connectivity index (χ1) is 34.7. The third-order valence-corrected chi connectivity index (χ3v) is 12.3. The first kappa shape index (κ1) is 68.2. The number of carboxylic acid groups (broad SMARTS) is 1. The zero-order valence-electron chi connectivity index (χ0n) is 44.3. The van der Waals surface area contributed by atoms with E-state index in [0.717, 1.165) is 0 Å². The molecule has 0 aliphatic rings. The predicted molar refractivity (Wildman–Crippen MR) is 278 cm³/mol. The smallest absolute Gasteiger partial charge is 0.328 e. The summed E-state index contributed by atoms with van der Waals surface area (Å²) in [5.74, 6) is -9.75. The second kappa shape index (κ2) is 36.2. The van der Waals surface area contributed by atoms with Crippen molar-refractivity contribution < 1.29 is 63.3 Å². The molecule has 20 N–H and O–H groups in total. The van der Waals surface area contributed by atoms with Crippen molar-refractivity contribution in [1.29, 1.82) is 0 Å². The van der Waals surface area contributed by atoms with E-state index in [2.05, 4.69) is 52.8 Å². The molecule has 11 atom stereocenters. The van der Waals surface area contributed by atoms with Gasteiger partial charge in [0, 0.05) is 6.54 Å². The summed E-state index contributed by atoms with van der Waals surface area (Å²) in [6, 6.07) is -12.9. The van der Waals surface area contributed by atoms with Crippen molar-refractivity contribution >= 4 is 76.9 Å². The van der Waals surface area contributed by atoms with Crippen LogP contribution in [0.15, 0.2) is 4.99 Å². The van der Waals surface area contributed by atoms with E-state index in [-0.39, 0.29) is 50.5 Å². The van der Waals surface area contributed by atoms with Gasteiger partial charge in [0.25, 0.3) is 0 Å². The molecule has 0 saturated heterocycles. The average molecular weight is 1080 g/mol. The van der Waals surface area contributed by atoms with Crippen molar-refractivity contribution in [2.24, 2.45) is 45.7 Å². The van der Waals surface area contributed by atoms with E-state index in [1.54, 1.807) is 47.8 Å². The van der Waals surface area contributed by atoms with E-state index in [1.807, 2.05) is 0 Å². The van der Waals surface area contributed by atoms with Crippen LogP contribution in [0, 0.1) is 17.8 Å². The molecule has 0 aromatic carbocycles. The van der Waals surface area contributed by atoms with Gasteiger partial charge in [-0.15, -0.1) is 0 Å². The van der Waals surface area contributed by atoms with Crippen LogP contribution < -0.4 is 70.8 Å². The highest BCUT2D eigenvalue weighted by atomic mass is 32.2. The minimum atomic E-state index is -1.61. The fourth-order valence-electron chi connectivity index (χ4n) is 6.90. The molecule has 0 aliphatic heterocycles. The van der Waals surface area contributed by atoms with Gasteiger partial charge in [-0.25, -0.2) is 4.79 Å². The van der Waals surface area contributed by atoms with Gasteiger partial charge in [-0.3, -0.25) is 48.1 Å². The lowest BCUT2D eigenvalue weighted by Gasteiger charge is -2.29. The number of hydrogen-bond acceptors (Lipinski definition) is 16. The summed E-state index contributed by atoms with van der Waals surface area (Å²) in [4.78, 5) is 137. The highest BCUT2D eigenvalue weighted by Gasteiger charge is 2.36. The quantitative estimate of drug-likeness (QED) is 0.0158. The Morgan fingerprint density at radius 1 is 0.541 bits per heavy atom. The third kappa shape index (κ3) is 25.9. The number of aliphatic hydroxyl groups excluding tert-OH is 2. The Bertz CT molecular complexity index is 1880. The van der Waals surface area contributed by atoms with Gasteiger partial charge in [0.05, 0.1) is 19.3 Å². The van der Waals surface area contributed by atoms with Gasteiger partial charge < -0.3 is 86.1 Å². The van der Waals surface area contributed by atoms with E-state index in [1.165, 1.54) is 25.6 Å². The molecule has 28 heteroatoms. The first-order valence-corrected chi connectivity index (χ1v) is 26.3. The number of carbonyl (C=O) groups excluding carboxylic acids is 9. The van der Waals surface area contributed by atoms with Gasteiger partial charge in [0.15, 0.2) is 5.96 Å². The zero-order valence-corrected chi connectivity index (χ0v) is 45.1. The summed E-state index contributed by atoms with van der Waals surface area (Å²) in [6.45, 7) is 11.7. The second-order valence-corrected chi connectivity index (χ2v) is 19.8. The standard InChI is InChI=1S/C46H86N14O13S/c1-10-25(6)35(44(71)53-26(7)36(63)54-30(16-19-74-9)39(66)58-33(22-62)45(72)73)60-37(64)27(8)52-41(68)31(20-23(2)3)56-43(70)34(24(4)5)59-40(67)29(15-13-18-51-46(49)50)55-42(69)32(21-61)57-38(65)28(48)14-11-12-17-47/h23-35,61-62H,10-22,47-48H2,1-9H3,(H,52,68)(H,53,71)(H,54,63)(H,55,69)(H,56,70)(H,57,65)(H,58,66)(H,59,67)(H,60,64)(H,72,73)(H4,49,50,51)/t25-,26-,27-,28-,29-,30-,31-,32-,33-,34-,35-/m0/s1. The molecule has 9 amide bonds. The molecule has 0 aromatic rings. The van der Waals surface area contributed by atoms with E-state index >= 15 is 0 Å². The number of thioether (sulfide) groups is 1. The molecule has 0 heterocycles. The lowest BCUT2D eigenvalue weighted by atomic mass is 9.97. The van der Waals surface area contributed by atoms with Crippen LogP contribution in [-0.4, -0.2) is 179 Å². The van der Waals surface area contributed by atoms with Gasteiger partial charge in [-0.2, -0.15) is 11.8 Å². The van der Waals surface area contributed by atoms with Crippen molar-refractivity contribution in [2.75, 3.05) is 38.3 Å². The molecular weight excluding hydrogens is 989 g/mol. The topological polar surface area (TPSA) is 456 Å². The van der Waals surface area contributed by atoms with Crippen molar-refractivity contribution in [1.82, 2.24) is 47.9 Å². The van der Waals surface area contributed by atoms with Gasteiger partial charge >= 0.3 is 5.97 Å². The Balaban J connectivity index is 6.22. The summed E-state index contributed by atoms with van der Waals surface area (Å²) in [5.41, 5.74) is 22.4. The van der Waals surface area contributed by atoms with Crippen LogP contribution in [0.25, 0.3) is 0 Å². The number of unbranched alkanes of at least 4 members (excludes halogenated alkanes) is 1. The number of nitrogens with zero attached hydrogens (tertiary/aromatic N) is 1. The lowest BCUT2D eigenvalue weighted by Crippen LogP contribution is -2.61. The molecule has 0 aromatic heterocycles. The number of guanidine groups is 1. The molecule has 0 spiro atoms. The van der Waals surface area contributed by atoms with Crippen LogP contribution in [0.5, 0.6) is 0 Å². The van der Waals surface area contributed by atoms with Crippen molar-refractivity contribution in [3.05, 3.63) is 0 Å². The largest absolute Gasteiger partial charge is 0.480 e. The number of aliphatic imine (C=N–C) groups is 1. The highest BCUT2D eigenvalue weighted by Crippen LogP contribution is 2.12. The number of amides is 9. The number of aliphatic hydroxyl groups is 2. The molecule has 0 radical (unpaired) electrons. The van der Waals surface area contributed by atoms with Gasteiger partial charge in [0.1, 0.15) is 54.4 Å². The van der Waals surface area contributed by atoms with Crippen molar-refractivity contribution in [3.8, 4) is 0 Å². The van der Waals surface area contributed by atoms with Crippen LogP contribution in [-0.2, 0) is 47.9 Å². The van der Waals surface area contributed by atoms with Crippen LogP contribution >= 0.6 is 11.8 Å². The number of aliphatic carboxylic acids is 1. The van der Waals surface area contributed by atoms with Gasteiger partial charge in [0.2, 0.25) is 53.2 Å². The van der Waals surface area contributed by atoms with E-state index in [9.17, 15) is 63.3 Å². The Morgan fingerprint density at radius 2 is 1.00 bits per heavy atom. The molecule has 0 aliphatic carbocycles. The first-order valence-electron chi connectivity index (χ1n) is 24.9. The number of nitrogens with one attached hydrogen (secondary N) is 9. The van der Waals surface area contributed by atoms with Crippen molar-refractivity contribution in [2.45, 2.75) is 167 Å². The number of rotatable bonds is 37. The van der Waals surface area contributed by atoms with Crippen LogP contribution in [0.1, 0.15) is 107 Å². The molecule has 0 fully saturated rings. The molecule has 27 nitrogen and oxygen atoms in total. The van der Waals surface area contributed by atoms with Crippen LogP contribution in [0.3, 0.4) is 0 Å². The van der Waals surface area contributed by atoms with E-state index in [4.69, 9.17) is 22.9 Å². The Hall–Kier alpha value is -5.84. The summed E-state index contributed by atoms with van der Waals surface area (Å²) < 4.78 is 0. The fourth-order valence-corrected chi connectivity index (χ4v) is 7.37. The van der Waals surface area contributed by atoms with E-state index < -0.39 is 145 Å². The average Bonchev–Trinajstić information content (AvgIpc) is 3.33. The highest BCUT2D eigenvalue weighted by molar-refractivity contribution is 7.98. The van der Waals surface area contributed by atoms with Crippen LogP contribution in [0.2, 0.25) is 0 Å². The lowest BCUT2D eigenvalue weighted by molar-refractivity contribution is -0.143. The minimum absolute atomic E-state index is 0.0542. The van der Waals surface area contributed by atoms with Crippen molar-refractivity contribution in [3.63, 3.8) is 0 Å². The molecular formula is C46H86N14O13S. The minimum Gasteiger partial charge on any atom is -0.480 e. The Kier molecular flexibility index (Phi) is 33.3. The predicted octanol–water partition coefficient (Wildman–Crippen LogP) is -4.53. The molecule has 0 saturated carbocycles. The fraction of sp³-hybridized carbons (Fsp3) is 0.761. The molecule has 0 rings (SSSR count). The maximum Gasteiger partial charge on any atom is 0.328 e. The Labute approximate surface area is 437 Å². The number of hydrogen-bond donors (Lipinski definition) is 16. The summed E-state index contributed by atoms with van der Waals surface area (Å²) in [5, 5.41) is 51.3.